The second-order valence-corrected chi connectivity index (χ2v) is 6.11. The molecule has 78 valence electrons. The van der Waals surface area contributed by atoms with Gasteiger partial charge in [0.2, 0.25) is 5.91 Å². The van der Waals surface area contributed by atoms with Crippen molar-refractivity contribution in [2.75, 3.05) is 7.05 Å². The number of nitrogens with two attached hydrogens (primary N) is 1. The van der Waals surface area contributed by atoms with Gasteiger partial charge in [0.1, 0.15) is 0 Å². The number of hydrazine groups is 1. The van der Waals surface area contributed by atoms with Crippen LogP contribution in [0.3, 0.4) is 0 Å². The zero-order chi connectivity index (χ0) is 10.9. The third kappa shape index (κ3) is 2.16. The van der Waals surface area contributed by atoms with Crippen molar-refractivity contribution in [2.45, 2.75) is 19.3 Å². The average Bonchev–Trinajstić information content (AvgIpc) is 2.50. The first-order chi connectivity index (χ1) is 6.35. The fraction of sp³-hybridized carbons (Fsp3) is 0.444. The largest absolute Gasteiger partial charge is 0.283 e. The standard InChI is InChI=1S/C9H13BrN2OS/c1-9(2,8(13)12(3)11)6-4-5-7(10)14-6/h4-5H,11H2,1-3H3. The van der Waals surface area contributed by atoms with E-state index in [1.165, 1.54) is 0 Å². The quantitative estimate of drug-likeness (QED) is 0.511. The van der Waals surface area contributed by atoms with Gasteiger partial charge in [0.25, 0.3) is 0 Å². The van der Waals surface area contributed by atoms with E-state index in [1.54, 1.807) is 18.4 Å². The molecule has 2 N–H and O–H groups in total. The molecule has 0 aliphatic heterocycles. The lowest BCUT2D eigenvalue weighted by Gasteiger charge is -2.25. The van der Waals surface area contributed by atoms with Crippen LogP contribution in [0.2, 0.25) is 0 Å². The Kier molecular flexibility index (Phi) is 3.34. The number of amides is 1. The van der Waals surface area contributed by atoms with E-state index in [0.717, 1.165) is 13.7 Å². The molecule has 5 heteroatoms. The van der Waals surface area contributed by atoms with Crippen LogP contribution in [0.25, 0.3) is 0 Å². The van der Waals surface area contributed by atoms with Crippen molar-refractivity contribution in [1.29, 1.82) is 0 Å². The molecule has 0 aliphatic rings. The number of carbonyl (C=O) groups excluding carboxylic acids is 1. The van der Waals surface area contributed by atoms with Gasteiger partial charge in [0.05, 0.1) is 9.20 Å². The summed E-state index contributed by atoms with van der Waals surface area (Å²) < 4.78 is 1.02. The Morgan fingerprint density at radius 3 is 2.50 bits per heavy atom. The molecule has 0 unspecified atom stereocenters. The Morgan fingerprint density at radius 1 is 1.57 bits per heavy atom. The van der Waals surface area contributed by atoms with Crippen LogP contribution in [0, 0.1) is 0 Å². The van der Waals surface area contributed by atoms with E-state index >= 15 is 0 Å². The Bertz CT molecular complexity index is 346. The zero-order valence-corrected chi connectivity index (χ0v) is 10.8. The van der Waals surface area contributed by atoms with Crippen LogP contribution in [0.5, 0.6) is 0 Å². The molecule has 14 heavy (non-hydrogen) atoms. The van der Waals surface area contributed by atoms with Crippen LogP contribution in [-0.2, 0) is 10.2 Å². The van der Waals surface area contributed by atoms with Gasteiger partial charge in [-0.2, -0.15) is 0 Å². The van der Waals surface area contributed by atoms with E-state index in [0.29, 0.717) is 0 Å². The molecule has 0 radical (unpaired) electrons. The third-order valence-electron chi connectivity index (χ3n) is 2.04. The van der Waals surface area contributed by atoms with E-state index < -0.39 is 5.41 Å². The van der Waals surface area contributed by atoms with Gasteiger partial charge in [-0.3, -0.25) is 9.80 Å². The molecular formula is C9H13BrN2OS. The summed E-state index contributed by atoms with van der Waals surface area (Å²) in [5, 5.41) is 1.13. The van der Waals surface area contributed by atoms with Crippen LogP contribution in [0.4, 0.5) is 0 Å². The van der Waals surface area contributed by atoms with Gasteiger partial charge in [-0.25, -0.2) is 5.84 Å². The maximum absolute atomic E-state index is 11.8. The molecule has 1 aromatic heterocycles. The highest BCUT2D eigenvalue weighted by molar-refractivity contribution is 9.11. The second kappa shape index (κ2) is 4.00. The Hall–Kier alpha value is -0.390. The first kappa shape index (κ1) is 11.7. The summed E-state index contributed by atoms with van der Waals surface area (Å²) in [5.74, 6) is 5.35. The Balaban J connectivity index is 3.01. The van der Waals surface area contributed by atoms with E-state index in [4.69, 9.17) is 5.84 Å². The highest BCUT2D eigenvalue weighted by Crippen LogP contribution is 2.33. The molecule has 1 rings (SSSR count). The third-order valence-corrected chi connectivity index (χ3v) is 3.99. The second-order valence-electron chi connectivity index (χ2n) is 3.64. The van der Waals surface area contributed by atoms with E-state index in [-0.39, 0.29) is 5.91 Å². The summed E-state index contributed by atoms with van der Waals surface area (Å²) in [6.07, 6.45) is 0. The molecule has 0 bridgehead atoms. The number of hydrogen-bond acceptors (Lipinski definition) is 3. The van der Waals surface area contributed by atoms with E-state index in [9.17, 15) is 4.79 Å². The first-order valence-corrected chi connectivity index (χ1v) is 5.75. The highest BCUT2D eigenvalue weighted by atomic mass is 79.9. The van der Waals surface area contributed by atoms with Crippen LogP contribution in [-0.4, -0.2) is 18.0 Å². The molecule has 0 aromatic carbocycles. The van der Waals surface area contributed by atoms with Gasteiger partial charge < -0.3 is 0 Å². The maximum atomic E-state index is 11.8. The van der Waals surface area contributed by atoms with Crippen molar-refractivity contribution in [2.24, 2.45) is 5.84 Å². The normalized spacial score (nSPS) is 11.5. The maximum Gasteiger partial charge on any atom is 0.247 e. The highest BCUT2D eigenvalue weighted by Gasteiger charge is 2.32. The lowest BCUT2D eigenvalue weighted by atomic mass is 9.90. The molecule has 1 aromatic rings. The number of halogens is 1. The molecule has 3 nitrogen and oxygen atoms in total. The predicted molar refractivity (Wildman–Crippen MR) is 62.0 cm³/mol. The van der Waals surface area contributed by atoms with Crippen LogP contribution in [0.1, 0.15) is 18.7 Å². The van der Waals surface area contributed by atoms with Gasteiger partial charge in [-0.05, 0) is 41.9 Å². The van der Waals surface area contributed by atoms with Crippen molar-refractivity contribution in [3.05, 3.63) is 20.8 Å². The number of likely N-dealkylation sites (N-methyl/N-ethyl adjacent to an activating group) is 1. The average molecular weight is 277 g/mol. The summed E-state index contributed by atoms with van der Waals surface area (Å²) in [6.45, 7) is 3.74. The molecule has 0 atom stereocenters. The fourth-order valence-electron chi connectivity index (χ4n) is 1.20. The fourth-order valence-corrected chi connectivity index (χ4v) is 2.68. The lowest BCUT2D eigenvalue weighted by Crippen LogP contribution is -2.44. The summed E-state index contributed by atoms with van der Waals surface area (Å²) in [6, 6.07) is 3.88. The number of nitrogens with zero attached hydrogens (tertiary/aromatic N) is 1. The topological polar surface area (TPSA) is 46.3 Å². The zero-order valence-electron chi connectivity index (χ0n) is 8.37. The summed E-state index contributed by atoms with van der Waals surface area (Å²) in [7, 11) is 1.56. The lowest BCUT2D eigenvalue weighted by molar-refractivity contribution is -0.135. The van der Waals surface area contributed by atoms with Crippen molar-refractivity contribution >= 4 is 33.2 Å². The van der Waals surface area contributed by atoms with Gasteiger partial charge in [-0.1, -0.05) is 0 Å². The first-order valence-electron chi connectivity index (χ1n) is 4.14. The Morgan fingerprint density at radius 2 is 2.14 bits per heavy atom. The number of thiophene rings is 1. The summed E-state index contributed by atoms with van der Waals surface area (Å²) in [4.78, 5) is 12.8. The predicted octanol–water partition coefficient (Wildman–Crippen LogP) is 2.12. The molecule has 0 spiro atoms. The van der Waals surface area contributed by atoms with Crippen LogP contribution >= 0.6 is 27.3 Å². The molecule has 1 amide bonds. The molecule has 0 aliphatic carbocycles. The Labute approximate surface area is 96.0 Å². The minimum Gasteiger partial charge on any atom is -0.283 e. The van der Waals surface area contributed by atoms with Gasteiger partial charge in [-0.15, -0.1) is 11.3 Å². The van der Waals surface area contributed by atoms with E-state index in [2.05, 4.69) is 15.9 Å². The van der Waals surface area contributed by atoms with Crippen molar-refractivity contribution < 1.29 is 4.79 Å². The molecular weight excluding hydrogens is 264 g/mol. The number of rotatable bonds is 2. The molecule has 1 heterocycles. The SMILES string of the molecule is CN(N)C(=O)C(C)(C)c1ccc(Br)s1. The van der Waals surface area contributed by atoms with Crippen molar-refractivity contribution in [1.82, 2.24) is 5.01 Å². The van der Waals surface area contributed by atoms with Crippen LogP contribution < -0.4 is 5.84 Å². The minimum absolute atomic E-state index is 0.0909. The summed E-state index contributed by atoms with van der Waals surface area (Å²) in [5.41, 5.74) is -0.555. The minimum atomic E-state index is -0.555. The molecule has 0 fully saturated rings. The van der Waals surface area contributed by atoms with Gasteiger partial charge >= 0.3 is 0 Å². The van der Waals surface area contributed by atoms with Gasteiger partial charge in [0, 0.05) is 11.9 Å². The number of hydrogen-bond donors (Lipinski definition) is 1. The van der Waals surface area contributed by atoms with Crippen molar-refractivity contribution in [3.63, 3.8) is 0 Å². The van der Waals surface area contributed by atoms with Crippen molar-refractivity contribution in [3.8, 4) is 0 Å². The van der Waals surface area contributed by atoms with Gasteiger partial charge in [0.15, 0.2) is 0 Å². The van der Waals surface area contributed by atoms with E-state index in [1.807, 2.05) is 26.0 Å². The smallest absolute Gasteiger partial charge is 0.247 e. The van der Waals surface area contributed by atoms with Crippen LogP contribution in [0.15, 0.2) is 15.9 Å². The molecule has 0 saturated carbocycles. The monoisotopic (exact) mass is 276 g/mol. The molecule has 0 saturated heterocycles. The number of carbonyl (C=O) groups is 1. The summed E-state index contributed by atoms with van der Waals surface area (Å²) >= 11 is 4.93.